The second-order valence-electron chi connectivity index (χ2n) is 5.26. The molecule has 19 heavy (non-hydrogen) atoms. The summed E-state index contributed by atoms with van der Waals surface area (Å²) >= 11 is 0. The molecule has 1 unspecified atom stereocenters. The minimum absolute atomic E-state index is 0.148. The Balaban J connectivity index is 2.23. The second-order valence-corrected chi connectivity index (χ2v) is 5.26. The van der Waals surface area contributed by atoms with Gasteiger partial charge in [0.2, 0.25) is 0 Å². The number of aromatic carboxylic acids is 1. The lowest BCUT2D eigenvalue weighted by Crippen LogP contribution is -2.47. The van der Waals surface area contributed by atoms with Crippen LogP contribution in [0.5, 0.6) is 0 Å². The van der Waals surface area contributed by atoms with Gasteiger partial charge < -0.3 is 20.5 Å². The third-order valence-corrected chi connectivity index (χ3v) is 3.78. The predicted octanol–water partition coefficient (Wildman–Crippen LogP) is 1.97. The molecule has 0 amide bonds. The van der Waals surface area contributed by atoms with Crippen LogP contribution in [0.2, 0.25) is 0 Å². The van der Waals surface area contributed by atoms with Gasteiger partial charge in [-0.1, -0.05) is 0 Å². The van der Waals surface area contributed by atoms with Gasteiger partial charge >= 0.3 is 5.97 Å². The predicted molar refractivity (Wildman–Crippen MR) is 74.7 cm³/mol. The fraction of sp³-hybridized carbons (Fsp3) is 0.500. The van der Waals surface area contributed by atoms with Gasteiger partial charge in [-0.3, -0.25) is 0 Å². The zero-order chi connectivity index (χ0) is 14.0. The Morgan fingerprint density at radius 1 is 1.53 bits per heavy atom. The molecule has 1 heterocycles. The van der Waals surface area contributed by atoms with Crippen molar-refractivity contribution in [3.8, 4) is 0 Å². The number of anilines is 2. The minimum atomic E-state index is -0.996. The van der Waals surface area contributed by atoms with Crippen molar-refractivity contribution in [3.05, 3.63) is 23.8 Å². The molecule has 1 atom stereocenters. The number of hydrogen-bond donors (Lipinski definition) is 2. The van der Waals surface area contributed by atoms with E-state index in [1.54, 1.807) is 25.3 Å². The number of nitrogen functional groups attached to an aromatic ring is 1. The zero-order valence-electron chi connectivity index (χ0n) is 11.3. The van der Waals surface area contributed by atoms with E-state index in [0.717, 1.165) is 31.6 Å². The van der Waals surface area contributed by atoms with Gasteiger partial charge in [-0.2, -0.15) is 0 Å². The summed E-state index contributed by atoms with van der Waals surface area (Å²) in [6.45, 7) is 3.81. The molecule has 0 radical (unpaired) electrons. The Labute approximate surface area is 113 Å². The van der Waals surface area contributed by atoms with Crippen molar-refractivity contribution in [1.29, 1.82) is 0 Å². The SMILES string of the molecule is COC1(C)CCCN(c2ccc(C(=O)O)c(N)c2)C1. The highest BCUT2D eigenvalue weighted by Crippen LogP contribution is 2.29. The monoisotopic (exact) mass is 264 g/mol. The van der Waals surface area contributed by atoms with E-state index in [9.17, 15) is 4.79 Å². The summed E-state index contributed by atoms with van der Waals surface area (Å²) in [4.78, 5) is 13.1. The fourth-order valence-electron chi connectivity index (χ4n) is 2.53. The van der Waals surface area contributed by atoms with Crippen molar-refractivity contribution in [2.24, 2.45) is 0 Å². The molecule has 1 fully saturated rings. The van der Waals surface area contributed by atoms with Crippen molar-refractivity contribution in [2.75, 3.05) is 30.8 Å². The maximum atomic E-state index is 10.9. The normalized spacial score (nSPS) is 23.4. The highest BCUT2D eigenvalue weighted by molar-refractivity contribution is 5.94. The van der Waals surface area contributed by atoms with Crippen molar-refractivity contribution < 1.29 is 14.6 Å². The molecule has 104 valence electrons. The molecule has 1 aliphatic rings. The number of carbonyl (C=O) groups is 1. The van der Waals surface area contributed by atoms with Crippen LogP contribution in [0, 0.1) is 0 Å². The maximum absolute atomic E-state index is 10.9. The Morgan fingerprint density at radius 3 is 2.84 bits per heavy atom. The van der Waals surface area contributed by atoms with Crippen LogP contribution in [0.15, 0.2) is 18.2 Å². The van der Waals surface area contributed by atoms with E-state index in [0.29, 0.717) is 5.69 Å². The number of ether oxygens (including phenoxy) is 1. The van der Waals surface area contributed by atoms with Gasteiger partial charge in [0.05, 0.1) is 11.2 Å². The van der Waals surface area contributed by atoms with E-state index in [-0.39, 0.29) is 11.2 Å². The summed E-state index contributed by atoms with van der Waals surface area (Å²) in [5.74, 6) is -0.996. The number of nitrogens with two attached hydrogens (primary N) is 1. The van der Waals surface area contributed by atoms with E-state index >= 15 is 0 Å². The van der Waals surface area contributed by atoms with Crippen LogP contribution in [0.3, 0.4) is 0 Å². The van der Waals surface area contributed by atoms with Crippen molar-refractivity contribution in [2.45, 2.75) is 25.4 Å². The molecule has 5 heteroatoms. The highest BCUT2D eigenvalue weighted by atomic mass is 16.5. The first-order valence-electron chi connectivity index (χ1n) is 6.38. The van der Waals surface area contributed by atoms with E-state index < -0.39 is 5.97 Å². The number of carboxylic acid groups (broad SMARTS) is 1. The Kier molecular flexibility index (Phi) is 3.66. The van der Waals surface area contributed by atoms with Gasteiger partial charge in [-0.15, -0.1) is 0 Å². The molecular weight excluding hydrogens is 244 g/mol. The van der Waals surface area contributed by atoms with Gasteiger partial charge in [-0.05, 0) is 38.0 Å². The Morgan fingerprint density at radius 2 is 2.26 bits per heavy atom. The molecule has 0 aromatic heterocycles. The topological polar surface area (TPSA) is 75.8 Å². The molecule has 1 saturated heterocycles. The van der Waals surface area contributed by atoms with Crippen molar-refractivity contribution >= 4 is 17.3 Å². The van der Waals surface area contributed by atoms with E-state index in [1.165, 1.54) is 0 Å². The lowest BCUT2D eigenvalue weighted by atomic mass is 9.94. The quantitative estimate of drug-likeness (QED) is 0.816. The van der Waals surface area contributed by atoms with E-state index in [2.05, 4.69) is 11.8 Å². The molecule has 1 aromatic carbocycles. The van der Waals surface area contributed by atoms with Crippen LogP contribution in [-0.2, 0) is 4.74 Å². The average Bonchev–Trinajstić information content (AvgIpc) is 2.38. The number of carboxylic acids is 1. The van der Waals surface area contributed by atoms with E-state index in [1.807, 2.05) is 0 Å². The molecule has 2 rings (SSSR count). The lowest BCUT2D eigenvalue weighted by Gasteiger charge is -2.40. The van der Waals surface area contributed by atoms with Gasteiger partial charge in [0.1, 0.15) is 0 Å². The van der Waals surface area contributed by atoms with Crippen LogP contribution in [0.1, 0.15) is 30.1 Å². The number of methoxy groups -OCH3 is 1. The molecule has 1 aromatic rings. The first-order chi connectivity index (χ1) is 8.95. The summed E-state index contributed by atoms with van der Waals surface area (Å²) in [7, 11) is 1.73. The molecule has 0 bridgehead atoms. The summed E-state index contributed by atoms with van der Waals surface area (Å²) in [6.07, 6.45) is 2.08. The number of piperidine rings is 1. The molecule has 0 aliphatic carbocycles. The zero-order valence-corrected chi connectivity index (χ0v) is 11.3. The van der Waals surface area contributed by atoms with Crippen LogP contribution < -0.4 is 10.6 Å². The maximum Gasteiger partial charge on any atom is 0.337 e. The summed E-state index contributed by atoms with van der Waals surface area (Å²) in [5, 5.41) is 8.97. The molecular formula is C14H20N2O3. The summed E-state index contributed by atoms with van der Waals surface area (Å²) < 4.78 is 5.56. The van der Waals surface area contributed by atoms with Gasteiger partial charge in [-0.25, -0.2) is 4.79 Å². The summed E-state index contributed by atoms with van der Waals surface area (Å²) in [5.41, 5.74) is 7.03. The van der Waals surface area contributed by atoms with E-state index in [4.69, 9.17) is 15.6 Å². The number of hydrogen-bond acceptors (Lipinski definition) is 4. The van der Waals surface area contributed by atoms with Crippen LogP contribution >= 0.6 is 0 Å². The van der Waals surface area contributed by atoms with Crippen molar-refractivity contribution in [3.63, 3.8) is 0 Å². The number of benzene rings is 1. The summed E-state index contributed by atoms with van der Waals surface area (Å²) in [6, 6.07) is 5.10. The first-order valence-corrected chi connectivity index (χ1v) is 6.38. The smallest absolute Gasteiger partial charge is 0.337 e. The third kappa shape index (κ3) is 2.81. The van der Waals surface area contributed by atoms with Gasteiger partial charge in [0, 0.05) is 31.6 Å². The lowest BCUT2D eigenvalue weighted by molar-refractivity contribution is -0.00465. The molecule has 0 saturated carbocycles. The standard InChI is InChI=1S/C14H20N2O3/c1-14(19-2)6-3-7-16(9-14)10-4-5-11(13(17)18)12(15)8-10/h4-5,8H,3,6-7,9,15H2,1-2H3,(H,17,18). The average molecular weight is 264 g/mol. The number of nitrogens with zero attached hydrogens (tertiary/aromatic N) is 1. The Bertz CT molecular complexity index is 490. The largest absolute Gasteiger partial charge is 0.478 e. The number of rotatable bonds is 3. The third-order valence-electron chi connectivity index (χ3n) is 3.78. The molecule has 3 N–H and O–H groups in total. The van der Waals surface area contributed by atoms with Crippen LogP contribution in [-0.4, -0.2) is 36.9 Å². The fourth-order valence-corrected chi connectivity index (χ4v) is 2.53. The first kappa shape index (κ1) is 13.7. The second kappa shape index (κ2) is 5.09. The van der Waals surface area contributed by atoms with Gasteiger partial charge in [0.15, 0.2) is 0 Å². The van der Waals surface area contributed by atoms with Crippen LogP contribution in [0.4, 0.5) is 11.4 Å². The highest BCUT2D eigenvalue weighted by Gasteiger charge is 2.31. The van der Waals surface area contributed by atoms with Crippen LogP contribution in [0.25, 0.3) is 0 Å². The minimum Gasteiger partial charge on any atom is -0.478 e. The van der Waals surface area contributed by atoms with Crippen molar-refractivity contribution in [1.82, 2.24) is 0 Å². The molecule has 5 nitrogen and oxygen atoms in total. The molecule has 1 aliphatic heterocycles. The van der Waals surface area contributed by atoms with Gasteiger partial charge in [0.25, 0.3) is 0 Å². The molecule has 0 spiro atoms. The Hall–Kier alpha value is -1.75.